The maximum absolute atomic E-state index is 12.5. The first-order valence-corrected chi connectivity index (χ1v) is 9.70. The van der Waals surface area contributed by atoms with Gasteiger partial charge in [0, 0.05) is 25.6 Å². The van der Waals surface area contributed by atoms with Gasteiger partial charge in [0.2, 0.25) is 17.6 Å². The molecule has 6 heteroatoms. The van der Waals surface area contributed by atoms with Crippen molar-refractivity contribution in [3.8, 4) is 10.7 Å². The fourth-order valence-electron chi connectivity index (χ4n) is 2.95. The molecule has 0 atom stereocenters. The lowest BCUT2D eigenvalue weighted by atomic mass is 10.1. The van der Waals surface area contributed by atoms with E-state index in [0.717, 1.165) is 16.0 Å². The summed E-state index contributed by atoms with van der Waals surface area (Å²) in [6, 6.07) is 18.1. The molecule has 2 heterocycles. The quantitative estimate of drug-likeness (QED) is 0.478. The Hall–Kier alpha value is -2.99. The van der Waals surface area contributed by atoms with E-state index in [-0.39, 0.29) is 5.91 Å². The molecule has 0 aliphatic heterocycles. The van der Waals surface area contributed by atoms with Gasteiger partial charge in [0.1, 0.15) is 0 Å². The van der Waals surface area contributed by atoms with Crippen molar-refractivity contribution in [2.45, 2.75) is 19.3 Å². The number of carbonyl (C=O) groups is 1. The van der Waals surface area contributed by atoms with Crippen molar-refractivity contribution < 1.29 is 9.32 Å². The largest absolute Gasteiger partial charge is 0.339 e. The van der Waals surface area contributed by atoms with E-state index in [9.17, 15) is 4.79 Å². The maximum Gasteiger partial charge on any atom is 0.226 e. The second kappa shape index (κ2) is 7.72. The Kier molecular flexibility index (Phi) is 4.98. The number of hydrogen-bond acceptors (Lipinski definition) is 5. The van der Waals surface area contributed by atoms with Crippen LogP contribution in [0.15, 0.2) is 64.5 Å². The first-order chi connectivity index (χ1) is 13.2. The number of rotatable bonds is 6. The van der Waals surface area contributed by atoms with E-state index in [2.05, 4.69) is 22.3 Å². The molecule has 27 heavy (non-hydrogen) atoms. The summed E-state index contributed by atoms with van der Waals surface area (Å²) in [6.07, 6.45) is 1.69. The van der Waals surface area contributed by atoms with Gasteiger partial charge in [-0.1, -0.05) is 41.6 Å². The van der Waals surface area contributed by atoms with Crippen molar-refractivity contribution in [2.75, 3.05) is 11.9 Å². The topological polar surface area (TPSA) is 59.2 Å². The lowest BCUT2D eigenvalue weighted by Gasteiger charge is -2.17. The van der Waals surface area contributed by atoms with E-state index in [4.69, 9.17) is 4.52 Å². The highest BCUT2D eigenvalue weighted by Gasteiger charge is 2.13. The Morgan fingerprint density at radius 1 is 1.11 bits per heavy atom. The van der Waals surface area contributed by atoms with Gasteiger partial charge in [-0.15, -0.1) is 11.3 Å². The van der Waals surface area contributed by atoms with E-state index < -0.39 is 0 Å². The molecule has 0 bridgehead atoms. The van der Waals surface area contributed by atoms with Crippen LogP contribution in [0.5, 0.6) is 0 Å². The van der Waals surface area contributed by atoms with Gasteiger partial charge in [-0.2, -0.15) is 4.98 Å². The number of aromatic nitrogens is 2. The highest BCUT2D eigenvalue weighted by atomic mass is 32.1. The molecular weight excluding hydrogens is 358 g/mol. The van der Waals surface area contributed by atoms with Crippen LogP contribution in [0.3, 0.4) is 0 Å². The number of nitrogens with zero attached hydrogens (tertiary/aromatic N) is 3. The predicted octanol–water partition coefficient (Wildman–Crippen LogP) is 4.94. The summed E-state index contributed by atoms with van der Waals surface area (Å²) in [5.41, 5.74) is 0.900. The molecule has 0 saturated heterocycles. The molecule has 0 radical (unpaired) electrons. The number of anilines is 1. The van der Waals surface area contributed by atoms with Crippen LogP contribution in [0.4, 0.5) is 5.69 Å². The fourth-order valence-corrected chi connectivity index (χ4v) is 3.60. The van der Waals surface area contributed by atoms with Crippen molar-refractivity contribution in [3.05, 3.63) is 65.9 Å². The maximum atomic E-state index is 12.5. The summed E-state index contributed by atoms with van der Waals surface area (Å²) >= 11 is 1.57. The number of thiophene rings is 1. The molecule has 1 amide bonds. The van der Waals surface area contributed by atoms with Gasteiger partial charge in [0.05, 0.1) is 4.88 Å². The minimum Gasteiger partial charge on any atom is -0.339 e. The van der Waals surface area contributed by atoms with Crippen molar-refractivity contribution in [3.63, 3.8) is 0 Å². The van der Waals surface area contributed by atoms with Crippen LogP contribution in [0, 0.1) is 0 Å². The van der Waals surface area contributed by atoms with E-state index in [1.807, 2.05) is 54.9 Å². The lowest BCUT2D eigenvalue weighted by Crippen LogP contribution is -2.25. The molecule has 0 spiro atoms. The van der Waals surface area contributed by atoms with E-state index in [0.29, 0.717) is 31.0 Å². The van der Waals surface area contributed by atoms with Gasteiger partial charge in [0.25, 0.3) is 0 Å². The highest BCUT2D eigenvalue weighted by Crippen LogP contribution is 2.23. The number of amides is 1. The van der Waals surface area contributed by atoms with Gasteiger partial charge in [0.15, 0.2) is 0 Å². The third-order valence-electron chi connectivity index (χ3n) is 4.49. The Labute approximate surface area is 161 Å². The van der Waals surface area contributed by atoms with Crippen molar-refractivity contribution in [1.82, 2.24) is 10.1 Å². The van der Waals surface area contributed by atoms with Crippen LogP contribution in [0.25, 0.3) is 21.5 Å². The van der Waals surface area contributed by atoms with Crippen LogP contribution < -0.4 is 4.90 Å². The smallest absolute Gasteiger partial charge is 0.226 e. The Balaban J connectivity index is 1.34. The van der Waals surface area contributed by atoms with Crippen LogP contribution in [0.1, 0.15) is 18.7 Å². The molecule has 136 valence electrons. The molecule has 0 N–H and O–H groups in total. The standard InChI is InChI=1S/C21H19N3O2S/c1-24(17-12-11-15-6-2-3-7-16(15)14-17)20(25)10-4-9-19-22-21(23-26-19)18-8-5-13-27-18/h2-3,5-8,11-14H,4,9-10H2,1H3. The Morgan fingerprint density at radius 2 is 1.96 bits per heavy atom. The fraction of sp³-hybridized carbons (Fsp3) is 0.190. The summed E-state index contributed by atoms with van der Waals surface area (Å²) in [4.78, 5) is 19.6. The first-order valence-electron chi connectivity index (χ1n) is 8.82. The minimum absolute atomic E-state index is 0.0725. The molecule has 0 unspecified atom stereocenters. The summed E-state index contributed by atoms with van der Waals surface area (Å²) in [5, 5.41) is 8.27. The highest BCUT2D eigenvalue weighted by molar-refractivity contribution is 7.13. The lowest BCUT2D eigenvalue weighted by molar-refractivity contribution is -0.118. The normalized spacial score (nSPS) is 11.0. The van der Waals surface area contributed by atoms with E-state index in [1.165, 1.54) is 5.39 Å². The average molecular weight is 377 g/mol. The van der Waals surface area contributed by atoms with Gasteiger partial charge >= 0.3 is 0 Å². The zero-order valence-corrected chi connectivity index (χ0v) is 15.8. The number of aryl methyl sites for hydroxylation is 1. The molecule has 5 nitrogen and oxygen atoms in total. The zero-order chi connectivity index (χ0) is 18.6. The number of benzene rings is 2. The molecule has 0 fully saturated rings. The zero-order valence-electron chi connectivity index (χ0n) is 15.0. The SMILES string of the molecule is CN(C(=O)CCCc1nc(-c2cccs2)no1)c1ccc2ccccc2c1. The van der Waals surface area contributed by atoms with Gasteiger partial charge in [-0.25, -0.2) is 0 Å². The third kappa shape index (κ3) is 3.90. The third-order valence-corrected chi connectivity index (χ3v) is 5.35. The van der Waals surface area contributed by atoms with E-state index >= 15 is 0 Å². The van der Waals surface area contributed by atoms with Crippen LogP contribution >= 0.6 is 11.3 Å². The molecule has 2 aromatic carbocycles. The van der Waals surface area contributed by atoms with Gasteiger partial charge < -0.3 is 9.42 Å². The van der Waals surface area contributed by atoms with Crippen LogP contribution in [-0.4, -0.2) is 23.1 Å². The molecule has 0 saturated carbocycles. The Morgan fingerprint density at radius 3 is 2.78 bits per heavy atom. The number of carbonyl (C=O) groups excluding carboxylic acids is 1. The van der Waals surface area contributed by atoms with Crippen molar-refractivity contribution >= 4 is 33.7 Å². The summed E-state index contributed by atoms with van der Waals surface area (Å²) in [7, 11) is 1.81. The molecule has 0 aliphatic carbocycles. The van der Waals surface area contributed by atoms with E-state index in [1.54, 1.807) is 16.2 Å². The predicted molar refractivity (Wildman–Crippen MR) is 108 cm³/mol. The first kappa shape index (κ1) is 17.4. The summed E-state index contributed by atoms with van der Waals surface area (Å²) in [6.45, 7) is 0. The second-order valence-electron chi connectivity index (χ2n) is 6.33. The molecule has 4 rings (SSSR count). The minimum atomic E-state index is 0.0725. The van der Waals surface area contributed by atoms with Gasteiger partial charge in [-0.05, 0) is 40.8 Å². The second-order valence-corrected chi connectivity index (χ2v) is 7.27. The summed E-state index contributed by atoms with van der Waals surface area (Å²) in [5.74, 6) is 1.25. The molecule has 2 aromatic heterocycles. The van der Waals surface area contributed by atoms with Gasteiger partial charge in [-0.3, -0.25) is 4.79 Å². The number of hydrogen-bond donors (Lipinski definition) is 0. The van der Waals surface area contributed by atoms with Crippen molar-refractivity contribution in [2.24, 2.45) is 0 Å². The molecular formula is C21H19N3O2S. The average Bonchev–Trinajstić information content (AvgIpc) is 3.38. The summed E-state index contributed by atoms with van der Waals surface area (Å²) < 4.78 is 5.28. The molecule has 4 aromatic rings. The number of fused-ring (bicyclic) bond motifs is 1. The molecule has 0 aliphatic rings. The monoisotopic (exact) mass is 377 g/mol. The van der Waals surface area contributed by atoms with Crippen molar-refractivity contribution in [1.29, 1.82) is 0 Å². The Bertz CT molecular complexity index is 1060. The van der Waals surface area contributed by atoms with Crippen LogP contribution in [0.2, 0.25) is 0 Å². The van der Waals surface area contributed by atoms with Crippen LogP contribution in [-0.2, 0) is 11.2 Å².